The van der Waals surface area contributed by atoms with Crippen molar-refractivity contribution in [3.8, 4) is 0 Å². The number of amides is 2. The van der Waals surface area contributed by atoms with E-state index in [0.29, 0.717) is 13.1 Å². The Kier molecular flexibility index (Phi) is 7.24. The third-order valence-corrected chi connectivity index (χ3v) is 5.29. The standard InChI is InChI=1S/C17H23ClN2O2S/c1-13(21)20-10-2-4-14(12-20)17(22)19-9-3-11-23-16-7-5-15(18)6-8-16/h5-8,14H,2-4,9-12H2,1H3,(H,19,22). The number of piperidine rings is 1. The second-order valence-electron chi connectivity index (χ2n) is 5.75. The van der Waals surface area contributed by atoms with Crippen LogP contribution in [0.3, 0.4) is 0 Å². The Bertz CT molecular complexity index is 536. The molecular weight excluding hydrogens is 332 g/mol. The summed E-state index contributed by atoms with van der Waals surface area (Å²) < 4.78 is 0. The topological polar surface area (TPSA) is 49.4 Å². The third kappa shape index (κ3) is 6.07. The fraction of sp³-hybridized carbons (Fsp3) is 0.529. The maximum Gasteiger partial charge on any atom is 0.224 e. The molecule has 1 N–H and O–H groups in total. The Morgan fingerprint density at radius 2 is 2.09 bits per heavy atom. The van der Waals surface area contributed by atoms with Gasteiger partial charge >= 0.3 is 0 Å². The van der Waals surface area contributed by atoms with Crippen molar-refractivity contribution in [1.82, 2.24) is 10.2 Å². The molecule has 1 aromatic rings. The van der Waals surface area contributed by atoms with Crippen molar-refractivity contribution in [3.63, 3.8) is 0 Å². The number of thioether (sulfide) groups is 1. The molecule has 2 rings (SSSR count). The van der Waals surface area contributed by atoms with E-state index in [2.05, 4.69) is 5.32 Å². The van der Waals surface area contributed by atoms with Crippen molar-refractivity contribution in [3.05, 3.63) is 29.3 Å². The first-order chi connectivity index (χ1) is 11.1. The molecule has 0 aliphatic carbocycles. The fourth-order valence-corrected chi connectivity index (χ4v) is 3.60. The summed E-state index contributed by atoms with van der Waals surface area (Å²) in [6.07, 6.45) is 2.70. The number of carbonyl (C=O) groups excluding carboxylic acids is 2. The molecule has 1 atom stereocenters. The van der Waals surface area contributed by atoms with Crippen LogP contribution >= 0.6 is 23.4 Å². The third-order valence-electron chi connectivity index (χ3n) is 3.94. The highest BCUT2D eigenvalue weighted by molar-refractivity contribution is 7.99. The minimum atomic E-state index is -0.0587. The number of nitrogens with zero attached hydrogens (tertiary/aromatic N) is 1. The summed E-state index contributed by atoms with van der Waals surface area (Å²) in [6, 6.07) is 7.78. The van der Waals surface area contributed by atoms with Crippen LogP contribution in [-0.2, 0) is 9.59 Å². The molecule has 1 saturated heterocycles. The molecule has 1 unspecified atom stereocenters. The van der Waals surface area contributed by atoms with Gasteiger partial charge in [0, 0.05) is 36.5 Å². The summed E-state index contributed by atoms with van der Waals surface area (Å²) in [5.74, 6) is 1.03. The number of halogens is 1. The zero-order valence-corrected chi connectivity index (χ0v) is 15.0. The lowest BCUT2D eigenvalue weighted by Gasteiger charge is -2.31. The predicted octanol–water partition coefficient (Wildman–Crippen LogP) is 3.20. The van der Waals surface area contributed by atoms with Gasteiger partial charge in [0.15, 0.2) is 0 Å². The number of hydrogen-bond donors (Lipinski definition) is 1. The normalized spacial score (nSPS) is 17.8. The van der Waals surface area contributed by atoms with Crippen molar-refractivity contribution in [1.29, 1.82) is 0 Å². The average molecular weight is 355 g/mol. The molecule has 1 aromatic carbocycles. The van der Waals surface area contributed by atoms with Crippen molar-refractivity contribution in [2.75, 3.05) is 25.4 Å². The quantitative estimate of drug-likeness (QED) is 0.630. The molecule has 0 bridgehead atoms. The van der Waals surface area contributed by atoms with Crippen molar-refractivity contribution in [2.24, 2.45) is 5.92 Å². The van der Waals surface area contributed by atoms with Crippen molar-refractivity contribution in [2.45, 2.75) is 31.1 Å². The maximum absolute atomic E-state index is 12.2. The monoisotopic (exact) mass is 354 g/mol. The van der Waals surface area contributed by atoms with E-state index in [4.69, 9.17) is 11.6 Å². The van der Waals surface area contributed by atoms with Gasteiger partial charge in [-0.2, -0.15) is 0 Å². The Labute approximate surface area is 146 Å². The first-order valence-corrected chi connectivity index (χ1v) is 9.34. The minimum absolute atomic E-state index is 0.0573. The first kappa shape index (κ1) is 18.1. The van der Waals surface area contributed by atoms with Gasteiger partial charge in [0.05, 0.1) is 5.92 Å². The molecule has 0 spiro atoms. The Balaban J connectivity index is 1.62. The van der Waals surface area contributed by atoms with Gasteiger partial charge < -0.3 is 10.2 Å². The highest BCUT2D eigenvalue weighted by Crippen LogP contribution is 2.21. The molecule has 0 radical (unpaired) electrons. The van der Waals surface area contributed by atoms with E-state index in [9.17, 15) is 9.59 Å². The van der Waals surface area contributed by atoms with E-state index in [1.165, 1.54) is 4.90 Å². The van der Waals surface area contributed by atoms with Crippen LogP contribution in [0.2, 0.25) is 5.02 Å². The van der Waals surface area contributed by atoms with Crippen LogP contribution < -0.4 is 5.32 Å². The summed E-state index contributed by atoms with van der Waals surface area (Å²) in [7, 11) is 0. The number of carbonyl (C=O) groups is 2. The number of benzene rings is 1. The molecule has 4 nitrogen and oxygen atoms in total. The van der Waals surface area contributed by atoms with Crippen molar-refractivity contribution >= 4 is 35.2 Å². The lowest BCUT2D eigenvalue weighted by molar-refractivity contribution is -0.133. The van der Waals surface area contributed by atoms with Gasteiger partial charge in [-0.25, -0.2) is 0 Å². The molecule has 1 aliphatic heterocycles. The van der Waals surface area contributed by atoms with Gasteiger partial charge in [0.2, 0.25) is 11.8 Å². The Morgan fingerprint density at radius 1 is 1.35 bits per heavy atom. The summed E-state index contributed by atoms with van der Waals surface area (Å²) in [6.45, 7) is 3.57. The largest absolute Gasteiger partial charge is 0.356 e. The average Bonchev–Trinajstić information content (AvgIpc) is 2.56. The molecule has 1 heterocycles. The van der Waals surface area contributed by atoms with Gasteiger partial charge in [-0.1, -0.05) is 11.6 Å². The molecule has 6 heteroatoms. The van der Waals surface area contributed by atoms with E-state index >= 15 is 0 Å². The van der Waals surface area contributed by atoms with Gasteiger partial charge in [-0.15, -0.1) is 11.8 Å². The zero-order valence-electron chi connectivity index (χ0n) is 13.4. The van der Waals surface area contributed by atoms with Gasteiger partial charge in [0.25, 0.3) is 0 Å². The molecule has 0 saturated carbocycles. The molecule has 1 aliphatic rings. The van der Waals surface area contributed by atoms with Crippen LogP contribution in [0.4, 0.5) is 0 Å². The highest BCUT2D eigenvalue weighted by Gasteiger charge is 2.26. The Morgan fingerprint density at radius 3 is 2.78 bits per heavy atom. The van der Waals surface area contributed by atoms with E-state index in [0.717, 1.165) is 36.6 Å². The molecule has 1 fully saturated rings. The van der Waals surface area contributed by atoms with Gasteiger partial charge in [0.1, 0.15) is 0 Å². The van der Waals surface area contributed by atoms with Crippen molar-refractivity contribution < 1.29 is 9.59 Å². The van der Waals surface area contributed by atoms with Crippen LogP contribution in [0.1, 0.15) is 26.2 Å². The summed E-state index contributed by atoms with van der Waals surface area (Å²) in [4.78, 5) is 26.5. The summed E-state index contributed by atoms with van der Waals surface area (Å²) >= 11 is 7.61. The van der Waals surface area contributed by atoms with Crippen LogP contribution in [0, 0.1) is 5.92 Å². The van der Waals surface area contributed by atoms with Gasteiger partial charge in [-0.3, -0.25) is 9.59 Å². The Hall–Kier alpha value is -1.20. The van der Waals surface area contributed by atoms with E-state index < -0.39 is 0 Å². The second kappa shape index (κ2) is 9.18. The van der Waals surface area contributed by atoms with Crippen LogP contribution in [0.25, 0.3) is 0 Å². The lowest BCUT2D eigenvalue weighted by atomic mass is 9.97. The number of hydrogen-bond acceptors (Lipinski definition) is 3. The van der Waals surface area contributed by atoms with E-state index in [-0.39, 0.29) is 17.7 Å². The molecular formula is C17H23ClN2O2S. The maximum atomic E-state index is 12.2. The van der Waals surface area contributed by atoms with E-state index in [1.54, 1.807) is 23.6 Å². The number of likely N-dealkylation sites (tertiary alicyclic amines) is 1. The van der Waals surface area contributed by atoms with Crippen LogP contribution in [-0.4, -0.2) is 42.1 Å². The lowest BCUT2D eigenvalue weighted by Crippen LogP contribution is -2.44. The molecule has 0 aromatic heterocycles. The first-order valence-electron chi connectivity index (χ1n) is 7.98. The van der Waals surface area contributed by atoms with Crippen LogP contribution in [0.5, 0.6) is 0 Å². The smallest absolute Gasteiger partial charge is 0.224 e. The number of rotatable bonds is 6. The van der Waals surface area contributed by atoms with Gasteiger partial charge in [-0.05, 0) is 49.3 Å². The fourth-order valence-electron chi connectivity index (χ4n) is 2.63. The summed E-state index contributed by atoms with van der Waals surface area (Å²) in [5, 5.41) is 3.74. The number of nitrogens with one attached hydrogen (secondary N) is 1. The zero-order chi connectivity index (χ0) is 16.7. The SMILES string of the molecule is CC(=O)N1CCCC(C(=O)NCCCSc2ccc(Cl)cc2)C1. The predicted molar refractivity (Wildman–Crippen MR) is 94.8 cm³/mol. The minimum Gasteiger partial charge on any atom is -0.356 e. The molecule has 2 amide bonds. The van der Waals surface area contributed by atoms with Crippen LogP contribution in [0.15, 0.2) is 29.2 Å². The highest BCUT2D eigenvalue weighted by atomic mass is 35.5. The summed E-state index contributed by atoms with van der Waals surface area (Å²) in [5.41, 5.74) is 0. The molecule has 23 heavy (non-hydrogen) atoms. The molecule has 126 valence electrons. The van der Waals surface area contributed by atoms with E-state index in [1.807, 2.05) is 24.3 Å². The second-order valence-corrected chi connectivity index (χ2v) is 7.36.